The molecule has 0 aromatic carbocycles. The van der Waals surface area contributed by atoms with Crippen LogP contribution in [0.3, 0.4) is 0 Å². The van der Waals surface area contributed by atoms with Crippen LogP contribution in [0, 0.1) is 17.3 Å². The van der Waals surface area contributed by atoms with E-state index < -0.39 is 11.5 Å². The second-order valence-corrected chi connectivity index (χ2v) is 10.3. The summed E-state index contributed by atoms with van der Waals surface area (Å²) in [6.07, 6.45) is 6.07. The minimum Gasteiger partial charge on any atom is -0.390 e. The summed E-state index contributed by atoms with van der Waals surface area (Å²) in [5.41, 5.74) is 4.69. The lowest BCUT2D eigenvalue weighted by atomic mass is 9.47. The second kappa shape index (κ2) is 7.21. The molecule has 2 heterocycles. The van der Waals surface area contributed by atoms with Gasteiger partial charge in [-0.25, -0.2) is 4.98 Å². The van der Waals surface area contributed by atoms with Gasteiger partial charge in [0.2, 0.25) is 5.91 Å². The van der Waals surface area contributed by atoms with Gasteiger partial charge in [0, 0.05) is 24.9 Å². The number of hydrogen-bond donors (Lipinski definition) is 3. The third-order valence-corrected chi connectivity index (χ3v) is 7.91. The molecule has 4 saturated carbocycles. The van der Waals surface area contributed by atoms with E-state index in [9.17, 15) is 14.7 Å². The van der Waals surface area contributed by atoms with Crippen molar-refractivity contribution in [1.82, 2.24) is 15.8 Å². The van der Waals surface area contributed by atoms with Crippen molar-refractivity contribution >= 4 is 28.3 Å². The SMILES string of the molecule is O=C(CC12CC3CC(CC(O)(C3)C1)C2)NNC(=O)c1csc(N2CCOCC2)n1. The largest absolute Gasteiger partial charge is 0.390 e. The van der Waals surface area contributed by atoms with E-state index in [0.717, 1.165) is 43.9 Å². The summed E-state index contributed by atoms with van der Waals surface area (Å²) >= 11 is 1.42. The number of morpholine rings is 1. The highest BCUT2D eigenvalue weighted by Gasteiger charge is 2.57. The van der Waals surface area contributed by atoms with Crippen LogP contribution in [0.15, 0.2) is 5.38 Å². The normalized spacial score (nSPS) is 35.6. The molecule has 0 radical (unpaired) electrons. The number of anilines is 1. The van der Waals surface area contributed by atoms with Crippen molar-refractivity contribution in [3.05, 3.63) is 11.1 Å². The summed E-state index contributed by atoms with van der Waals surface area (Å²) in [4.78, 5) is 31.5. The van der Waals surface area contributed by atoms with E-state index in [2.05, 4.69) is 20.7 Å². The van der Waals surface area contributed by atoms with Crippen LogP contribution >= 0.6 is 11.3 Å². The number of carbonyl (C=O) groups is 2. The summed E-state index contributed by atoms with van der Waals surface area (Å²) in [7, 11) is 0. The first kappa shape index (κ1) is 19.3. The van der Waals surface area contributed by atoms with Gasteiger partial charge in [-0.15, -0.1) is 11.3 Å². The summed E-state index contributed by atoms with van der Waals surface area (Å²) in [5, 5.41) is 13.3. The lowest BCUT2D eigenvalue weighted by molar-refractivity contribution is -0.169. The molecular formula is C20H28N4O4S. The fraction of sp³-hybridized carbons (Fsp3) is 0.750. The van der Waals surface area contributed by atoms with Crippen LogP contribution in [0.5, 0.6) is 0 Å². The van der Waals surface area contributed by atoms with E-state index in [4.69, 9.17) is 4.74 Å². The van der Waals surface area contributed by atoms with Crippen LogP contribution in [0.1, 0.15) is 55.4 Å². The zero-order chi connectivity index (χ0) is 20.1. The third-order valence-electron chi connectivity index (χ3n) is 7.01. The van der Waals surface area contributed by atoms with Crippen LogP contribution in [-0.4, -0.2) is 53.8 Å². The minimum absolute atomic E-state index is 0.113. The van der Waals surface area contributed by atoms with Gasteiger partial charge in [0.25, 0.3) is 5.91 Å². The summed E-state index contributed by atoms with van der Waals surface area (Å²) in [5.74, 6) is 0.486. The van der Waals surface area contributed by atoms with Crippen molar-refractivity contribution in [2.24, 2.45) is 17.3 Å². The van der Waals surface area contributed by atoms with Gasteiger partial charge in [-0.3, -0.25) is 20.4 Å². The number of hydrogen-bond acceptors (Lipinski definition) is 7. The van der Waals surface area contributed by atoms with Gasteiger partial charge in [-0.05, 0) is 55.8 Å². The number of amides is 2. The van der Waals surface area contributed by atoms with Crippen LogP contribution in [0.25, 0.3) is 0 Å². The number of nitrogens with zero attached hydrogens (tertiary/aromatic N) is 2. The first-order chi connectivity index (χ1) is 13.9. The molecular weight excluding hydrogens is 392 g/mol. The predicted molar refractivity (Wildman–Crippen MR) is 107 cm³/mol. The molecule has 5 fully saturated rings. The zero-order valence-electron chi connectivity index (χ0n) is 16.5. The number of rotatable bonds is 4. The average Bonchev–Trinajstić information content (AvgIpc) is 3.15. The van der Waals surface area contributed by atoms with Gasteiger partial charge >= 0.3 is 0 Å². The van der Waals surface area contributed by atoms with Crippen molar-refractivity contribution in [2.45, 2.75) is 50.5 Å². The van der Waals surface area contributed by atoms with E-state index in [1.807, 2.05) is 0 Å². The molecule has 6 rings (SSSR count). The Morgan fingerprint density at radius 3 is 2.62 bits per heavy atom. The van der Waals surface area contributed by atoms with Crippen molar-refractivity contribution in [3.8, 4) is 0 Å². The molecule has 5 aliphatic rings. The van der Waals surface area contributed by atoms with Gasteiger partial charge < -0.3 is 14.7 Å². The molecule has 1 aliphatic heterocycles. The maximum atomic E-state index is 12.6. The highest BCUT2D eigenvalue weighted by molar-refractivity contribution is 7.13. The van der Waals surface area contributed by atoms with Crippen LogP contribution in [0.2, 0.25) is 0 Å². The quantitative estimate of drug-likeness (QED) is 0.637. The Morgan fingerprint density at radius 2 is 1.93 bits per heavy atom. The number of carbonyl (C=O) groups excluding carboxylic acids is 2. The van der Waals surface area contributed by atoms with E-state index in [1.54, 1.807) is 5.38 Å². The van der Waals surface area contributed by atoms with Gasteiger partial charge in [-0.2, -0.15) is 0 Å². The molecule has 2 atom stereocenters. The van der Waals surface area contributed by atoms with E-state index in [1.165, 1.54) is 17.8 Å². The van der Waals surface area contributed by atoms with Crippen LogP contribution in [0.4, 0.5) is 5.13 Å². The summed E-state index contributed by atoms with van der Waals surface area (Å²) in [6.45, 7) is 2.86. The average molecular weight is 421 g/mol. The fourth-order valence-electron chi connectivity index (χ4n) is 6.45. The Labute approximate surface area is 174 Å². The van der Waals surface area contributed by atoms with E-state index in [0.29, 0.717) is 43.6 Å². The van der Waals surface area contributed by atoms with Crippen molar-refractivity contribution in [3.63, 3.8) is 0 Å². The molecule has 3 N–H and O–H groups in total. The van der Waals surface area contributed by atoms with Crippen LogP contribution < -0.4 is 15.8 Å². The maximum absolute atomic E-state index is 12.6. The smallest absolute Gasteiger partial charge is 0.289 e. The monoisotopic (exact) mass is 420 g/mol. The Morgan fingerprint density at radius 1 is 1.21 bits per heavy atom. The second-order valence-electron chi connectivity index (χ2n) is 9.48. The molecule has 8 nitrogen and oxygen atoms in total. The van der Waals surface area contributed by atoms with Gasteiger partial charge in [0.05, 0.1) is 18.8 Å². The number of aromatic nitrogens is 1. The fourth-order valence-corrected chi connectivity index (χ4v) is 7.31. The Bertz CT molecular complexity index is 792. The highest BCUT2D eigenvalue weighted by atomic mass is 32.1. The summed E-state index contributed by atoms with van der Waals surface area (Å²) < 4.78 is 5.34. The Balaban J connectivity index is 1.15. The number of ether oxygens (including phenoxy) is 1. The minimum atomic E-state index is -0.579. The highest BCUT2D eigenvalue weighted by Crippen LogP contribution is 2.62. The standard InChI is InChI=1S/C20H28N4O4S/c25-16(10-19-6-13-5-14(7-19)9-20(27,8-13)12-19)22-23-17(26)15-11-29-18(21-15)24-1-3-28-4-2-24/h11,13-14,27H,1-10,12H2,(H,22,25)(H,23,26). The van der Waals surface area contributed by atoms with E-state index >= 15 is 0 Å². The predicted octanol–water partition coefficient (Wildman–Crippen LogP) is 1.46. The first-order valence-electron chi connectivity index (χ1n) is 10.5. The number of nitrogens with one attached hydrogen (secondary N) is 2. The summed E-state index contributed by atoms with van der Waals surface area (Å²) in [6, 6.07) is 0. The molecule has 4 aliphatic carbocycles. The molecule has 2 amide bonds. The molecule has 4 bridgehead atoms. The lowest BCUT2D eigenvalue weighted by Crippen LogP contribution is -2.57. The Kier molecular flexibility index (Phi) is 4.79. The van der Waals surface area contributed by atoms with Crippen molar-refractivity contribution in [2.75, 3.05) is 31.2 Å². The topological polar surface area (TPSA) is 104 Å². The van der Waals surface area contributed by atoms with Crippen molar-refractivity contribution < 1.29 is 19.4 Å². The molecule has 1 aromatic heterocycles. The Hall–Kier alpha value is -1.71. The zero-order valence-corrected chi connectivity index (χ0v) is 17.3. The molecule has 0 spiro atoms. The number of thiazole rings is 1. The number of aliphatic hydroxyl groups is 1. The first-order valence-corrected chi connectivity index (χ1v) is 11.4. The lowest BCUT2D eigenvalue weighted by Gasteiger charge is -2.60. The van der Waals surface area contributed by atoms with Crippen LogP contribution in [-0.2, 0) is 9.53 Å². The van der Waals surface area contributed by atoms with Gasteiger partial charge in [-0.1, -0.05) is 0 Å². The maximum Gasteiger partial charge on any atom is 0.289 e. The molecule has 29 heavy (non-hydrogen) atoms. The molecule has 9 heteroatoms. The molecule has 1 saturated heterocycles. The molecule has 1 aromatic rings. The van der Waals surface area contributed by atoms with Gasteiger partial charge in [0.15, 0.2) is 5.13 Å². The third kappa shape index (κ3) is 3.87. The molecule has 2 unspecified atom stereocenters. The number of hydrazine groups is 1. The van der Waals surface area contributed by atoms with Gasteiger partial charge in [0.1, 0.15) is 5.69 Å². The molecule has 158 valence electrons. The van der Waals surface area contributed by atoms with E-state index in [-0.39, 0.29) is 11.3 Å². The van der Waals surface area contributed by atoms with Crippen molar-refractivity contribution in [1.29, 1.82) is 0 Å².